The van der Waals surface area contributed by atoms with Gasteiger partial charge in [0.25, 0.3) is 5.91 Å². The molecule has 0 radical (unpaired) electrons. The van der Waals surface area contributed by atoms with Crippen LogP contribution in [0.5, 0.6) is 0 Å². The second kappa shape index (κ2) is 4.21. The maximum absolute atomic E-state index is 12.7. The normalized spacial score (nSPS) is 22.2. The number of fused-ring (bicyclic) bond motifs is 1. The number of benzene rings is 1. The Kier molecular flexibility index (Phi) is 2.53. The molecule has 2 saturated heterocycles. The first-order valence-corrected chi connectivity index (χ1v) is 7.10. The molecule has 0 unspecified atom stereocenters. The van der Waals surface area contributed by atoms with Crippen molar-refractivity contribution in [2.75, 3.05) is 26.7 Å². The van der Waals surface area contributed by atoms with Gasteiger partial charge in [0.1, 0.15) is 0 Å². The van der Waals surface area contributed by atoms with E-state index in [1.165, 1.54) is 0 Å². The molecule has 1 aromatic carbocycles. The molecule has 21 heavy (non-hydrogen) atoms. The molecule has 4 rings (SSSR count). The Labute approximate surface area is 122 Å². The van der Waals surface area contributed by atoms with Crippen LogP contribution < -0.4 is 5.32 Å². The van der Waals surface area contributed by atoms with Gasteiger partial charge >= 0.3 is 6.03 Å². The first-order chi connectivity index (χ1) is 10.1. The highest BCUT2D eigenvalue weighted by Gasteiger charge is 2.53. The number of rotatable bonds is 1. The minimum atomic E-state index is -0.221. The smallest absolute Gasteiger partial charge is 0.317 e. The summed E-state index contributed by atoms with van der Waals surface area (Å²) < 4.78 is 5.43. The molecule has 1 N–H and O–H groups in total. The molecule has 6 heteroatoms. The third-order valence-corrected chi connectivity index (χ3v) is 4.85. The van der Waals surface area contributed by atoms with Gasteiger partial charge in [0.05, 0.1) is 18.8 Å². The van der Waals surface area contributed by atoms with E-state index in [1.807, 2.05) is 23.1 Å². The van der Waals surface area contributed by atoms with E-state index in [0.717, 1.165) is 16.7 Å². The van der Waals surface area contributed by atoms with Crippen molar-refractivity contribution in [3.05, 3.63) is 34.9 Å². The number of urea groups is 1. The highest BCUT2D eigenvalue weighted by molar-refractivity contribution is 5.97. The average Bonchev–Trinajstić information content (AvgIpc) is 3.03. The lowest BCUT2D eigenvalue weighted by Crippen LogP contribution is -2.70. The van der Waals surface area contributed by atoms with Crippen LogP contribution >= 0.6 is 0 Å². The molecule has 0 saturated carbocycles. The number of likely N-dealkylation sites (N-methyl/N-ethyl adjacent to an activating group) is 1. The quantitative estimate of drug-likeness (QED) is 0.821. The van der Waals surface area contributed by atoms with Gasteiger partial charge in [-0.25, -0.2) is 4.79 Å². The molecule has 3 heterocycles. The number of nitrogens with zero attached hydrogens (tertiary/aromatic N) is 2. The zero-order valence-corrected chi connectivity index (χ0v) is 11.9. The number of carbonyl (C=O) groups excluding carboxylic acids is 2. The van der Waals surface area contributed by atoms with E-state index >= 15 is 0 Å². The van der Waals surface area contributed by atoms with Crippen LogP contribution in [-0.4, -0.2) is 54.0 Å². The minimum Gasteiger partial charge on any atom is -0.372 e. The summed E-state index contributed by atoms with van der Waals surface area (Å²) in [5, 5.41) is 2.83. The summed E-state index contributed by atoms with van der Waals surface area (Å²) in [6.07, 6.45) is 0. The zero-order chi connectivity index (χ0) is 14.6. The summed E-state index contributed by atoms with van der Waals surface area (Å²) >= 11 is 0. The lowest BCUT2D eigenvalue weighted by molar-refractivity contribution is 0.00759. The predicted molar refractivity (Wildman–Crippen MR) is 74.7 cm³/mol. The molecule has 0 aromatic heterocycles. The average molecular weight is 287 g/mol. The third kappa shape index (κ3) is 1.68. The van der Waals surface area contributed by atoms with Gasteiger partial charge in [-0.05, 0) is 17.2 Å². The van der Waals surface area contributed by atoms with Crippen molar-refractivity contribution in [1.29, 1.82) is 0 Å². The molecule has 110 valence electrons. The van der Waals surface area contributed by atoms with Crippen molar-refractivity contribution in [2.24, 2.45) is 0 Å². The van der Waals surface area contributed by atoms with Crippen LogP contribution in [-0.2, 0) is 18.0 Å². The van der Waals surface area contributed by atoms with Gasteiger partial charge in [-0.3, -0.25) is 4.79 Å². The molecule has 2 fully saturated rings. The topological polar surface area (TPSA) is 61.9 Å². The van der Waals surface area contributed by atoms with Crippen molar-refractivity contribution >= 4 is 11.9 Å². The maximum atomic E-state index is 12.7. The fraction of sp³-hybridized carbons (Fsp3) is 0.467. The van der Waals surface area contributed by atoms with Gasteiger partial charge in [-0.2, -0.15) is 0 Å². The van der Waals surface area contributed by atoms with Crippen LogP contribution in [0, 0.1) is 0 Å². The Morgan fingerprint density at radius 3 is 2.86 bits per heavy atom. The Hall–Kier alpha value is -2.08. The first-order valence-electron chi connectivity index (χ1n) is 7.10. The van der Waals surface area contributed by atoms with Gasteiger partial charge in [0.15, 0.2) is 0 Å². The fourth-order valence-electron chi connectivity index (χ4n) is 3.40. The number of hydrogen-bond donors (Lipinski definition) is 1. The second-order valence-electron chi connectivity index (χ2n) is 6.04. The lowest BCUT2D eigenvalue weighted by atomic mass is 9.88. The highest BCUT2D eigenvalue weighted by atomic mass is 16.5. The third-order valence-electron chi connectivity index (χ3n) is 4.85. The summed E-state index contributed by atoms with van der Waals surface area (Å²) in [5.41, 5.74) is 2.63. The highest BCUT2D eigenvalue weighted by Crippen LogP contribution is 2.32. The van der Waals surface area contributed by atoms with Crippen molar-refractivity contribution in [1.82, 2.24) is 15.1 Å². The Morgan fingerprint density at radius 2 is 2.14 bits per heavy atom. The maximum Gasteiger partial charge on any atom is 0.317 e. The van der Waals surface area contributed by atoms with Gasteiger partial charge in [-0.15, -0.1) is 0 Å². The van der Waals surface area contributed by atoms with Crippen LogP contribution in [0.1, 0.15) is 21.5 Å². The second-order valence-corrected chi connectivity index (χ2v) is 6.04. The Morgan fingerprint density at radius 1 is 1.33 bits per heavy atom. The Bertz CT molecular complexity index is 637. The van der Waals surface area contributed by atoms with Gasteiger partial charge in [0, 0.05) is 32.2 Å². The van der Waals surface area contributed by atoms with Crippen LogP contribution in [0.3, 0.4) is 0 Å². The number of carbonyl (C=O) groups is 2. The molecule has 3 amide bonds. The van der Waals surface area contributed by atoms with Crippen molar-refractivity contribution in [2.45, 2.75) is 18.8 Å². The van der Waals surface area contributed by atoms with E-state index in [9.17, 15) is 9.59 Å². The summed E-state index contributed by atoms with van der Waals surface area (Å²) in [7, 11) is 1.79. The molecule has 6 nitrogen and oxygen atoms in total. The number of ether oxygens (including phenoxy) is 1. The van der Waals surface area contributed by atoms with E-state index in [-0.39, 0.29) is 17.5 Å². The molecule has 0 atom stereocenters. The summed E-state index contributed by atoms with van der Waals surface area (Å²) in [6.45, 7) is 2.89. The van der Waals surface area contributed by atoms with Crippen LogP contribution in [0.2, 0.25) is 0 Å². The van der Waals surface area contributed by atoms with E-state index in [1.54, 1.807) is 11.9 Å². The summed E-state index contributed by atoms with van der Waals surface area (Å²) in [6, 6.07) is 5.71. The predicted octanol–water partition coefficient (Wildman–Crippen LogP) is 0.566. The van der Waals surface area contributed by atoms with E-state index in [2.05, 4.69) is 5.32 Å². The van der Waals surface area contributed by atoms with Crippen molar-refractivity contribution in [3.8, 4) is 0 Å². The largest absolute Gasteiger partial charge is 0.372 e. The van der Waals surface area contributed by atoms with Gasteiger partial charge in [-0.1, -0.05) is 12.1 Å². The van der Waals surface area contributed by atoms with Gasteiger partial charge in [0.2, 0.25) is 0 Å². The molecule has 0 bridgehead atoms. The fourth-order valence-corrected chi connectivity index (χ4v) is 3.40. The SMILES string of the molecule is CN1C(=O)NCC12CN(C(=O)c1cccc3c1COC3)C2. The lowest BCUT2D eigenvalue weighted by Gasteiger charge is -2.50. The standard InChI is InChI=1S/C15H17N3O3/c1-17-14(20)16-7-15(17)8-18(9-15)13(19)11-4-2-3-10-5-21-6-12(10)11/h2-4H,5-9H2,1H3,(H,16,20). The molecule has 3 aliphatic heterocycles. The molecular weight excluding hydrogens is 270 g/mol. The number of amides is 3. The van der Waals surface area contributed by atoms with Crippen molar-refractivity contribution < 1.29 is 14.3 Å². The van der Waals surface area contributed by atoms with E-state index in [4.69, 9.17) is 4.74 Å². The molecule has 1 spiro atoms. The Balaban J connectivity index is 1.54. The molecule has 3 aliphatic rings. The monoisotopic (exact) mass is 287 g/mol. The van der Waals surface area contributed by atoms with Crippen molar-refractivity contribution in [3.63, 3.8) is 0 Å². The molecule has 1 aromatic rings. The van der Waals surface area contributed by atoms with Crippen LogP contribution in [0.4, 0.5) is 4.79 Å². The summed E-state index contributed by atoms with van der Waals surface area (Å²) in [5.74, 6) is 0.0377. The van der Waals surface area contributed by atoms with Gasteiger partial charge < -0.3 is 19.9 Å². The summed E-state index contributed by atoms with van der Waals surface area (Å²) in [4.78, 5) is 27.8. The molecular formula is C15H17N3O3. The molecule has 0 aliphatic carbocycles. The van der Waals surface area contributed by atoms with Crippen LogP contribution in [0.25, 0.3) is 0 Å². The first kappa shape index (κ1) is 12.6. The van der Waals surface area contributed by atoms with Crippen LogP contribution in [0.15, 0.2) is 18.2 Å². The van der Waals surface area contributed by atoms with E-state index in [0.29, 0.717) is 32.8 Å². The number of nitrogens with one attached hydrogen (secondary N) is 1. The van der Waals surface area contributed by atoms with E-state index < -0.39 is 0 Å². The number of likely N-dealkylation sites (tertiary alicyclic amines) is 1. The zero-order valence-electron chi connectivity index (χ0n) is 11.9. The number of hydrogen-bond acceptors (Lipinski definition) is 3. The minimum absolute atomic E-state index is 0.0377.